The number of nitrogens with one attached hydrogen (secondary N) is 2. The van der Waals surface area contributed by atoms with E-state index < -0.39 is 11.9 Å². The second-order valence-electron chi connectivity index (χ2n) is 13.1. The van der Waals surface area contributed by atoms with Crippen LogP contribution in [0.2, 0.25) is 0 Å². The summed E-state index contributed by atoms with van der Waals surface area (Å²) in [6.45, 7) is 4.82. The molecule has 10 nitrogen and oxygen atoms in total. The van der Waals surface area contributed by atoms with Gasteiger partial charge in [0.25, 0.3) is 11.8 Å². The molecular formula is C42H50N3O7SW-. The number of carbonyl (C=O) groups excluding carboxylic acids is 2. The van der Waals surface area contributed by atoms with Gasteiger partial charge in [-0.3, -0.25) is 14.4 Å². The number of rotatable bonds is 17. The minimum absolute atomic E-state index is 0. The first-order valence-corrected chi connectivity index (χ1v) is 19.2. The Balaban J connectivity index is 0.000000893. The van der Waals surface area contributed by atoms with Gasteiger partial charge in [0.1, 0.15) is 5.00 Å². The summed E-state index contributed by atoms with van der Waals surface area (Å²) in [4.78, 5) is 49.0. The maximum atomic E-state index is 13.7. The van der Waals surface area contributed by atoms with Crippen LogP contribution in [0.1, 0.15) is 117 Å². The van der Waals surface area contributed by atoms with Crippen LogP contribution in [-0.4, -0.2) is 51.7 Å². The van der Waals surface area contributed by atoms with Crippen LogP contribution in [0.5, 0.6) is 0 Å². The third kappa shape index (κ3) is 13.6. The predicted octanol–water partition coefficient (Wildman–Crippen LogP) is 8.91. The van der Waals surface area contributed by atoms with Gasteiger partial charge >= 0.3 is 11.9 Å². The summed E-state index contributed by atoms with van der Waals surface area (Å²) in [7, 11) is 0. The minimum Gasteiger partial charge on any atom is -0.656 e. The van der Waals surface area contributed by atoms with Crippen molar-refractivity contribution in [3.8, 4) is 0 Å². The van der Waals surface area contributed by atoms with Gasteiger partial charge in [-0.05, 0) is 104 Å². The van der Waals surface area contributed by atoms with E-state index in [0.717, 1.165) is 80.0 Å². The Labute approximate surface area is 336 Å². The monoisotopic (exact) mass is 924 g/mol. The van der Waals surface area contributed by atoms with Crippen LogP contribution >= 0.6 is 11.3 Å². The van der Waals surface area contributed by atoms with Crippen molar-refractivity contribution in [1.82, 2.24) is 0 Å². The quantitative estimate of drug-likeness (QED) is 0.0705. The van der Waals surface area contributed by atoms with E-state index in [2.05, 4.69) is 24.5 Å². The number of amides is 2. The van der Waals surface area contributed by atoms with Crippen LogP contribution in [0.25, 0.3) is 5.32 Å². The summed E-state index contributed by atoms with van der Waals surface area (Å²) in [6.07, 6.45) is 8.94. The van der Waals surface area contributed by atoms with E-state index in [9.17, 15) is 19.2 Å². The molecule has 288 valence electrons. The molecule has 0 spiro atoms. The van der Waals surface area contributed by atoms with Crippen molar-refractivity contribution in [2.24, 2.45) is 0 Å². The average molecular weight is 925 g/mol. The molecular weight excluding hydrogens is 874 g/mol. The van der Waals surface area contributed by atoms with Crippen molar-refractivity contribution in [3.05, 3.63) is 122 Å². The molecule has 1 aliphatic rings. The van der Waals surface area contributed by atoms with Crippen LogP contribution in [0.3, 0.4) is 0 Å². The zero-order valence-electron chi connectivity index (χ0n) is 30.9. The Bertz CT molecular complexity index is 1820. The number of hydrogen-bond donors (Lipinski definition) is 5. The molecule has 0 saturated carbocycles. The number of hydrogen-bond acceptors (Lipinski definition) is 6. The SMILES string of the molecule is CCC(CC)[N-]Cc1cccc(C(=O)Nc2sc3c(c2C(=O)Nc2ccc(CCCc4ccc(C(=O)O)cc4)cc2)CCCC3)c1.O=C(O)CCCO.[W]. The molecule has 0 radical (unpaired) electrons. The molecule has 0 unspecified atom stereocenters. The number of aliphatic hydroxyl groups is 1. The molecule has 12 heteroatoms. The number of benzene rings is 3. The van der Waals surface area contributed by atoms with E-state index in [-0.39, 0.29) is 45.9 Å². The second-order valence-corrected chi connectivity index (χ2v) is 14.2. The maximum Gasteiger partial charge on any atom is 0.335 e. The number of aliphatic hydroxyl groups excluding tert-OH is 1. The third-order valence-corrected chi connectivity index (χ3v) is 10.4. The van der Waals surface area contributed by atoms with Crippen LogP contribution in [0.4, 0.5) is 10.7 Å². The molecule has 5 rings (SSSR count). The summed E-state index contributed by atoms with van der Waals surface area (Å²) in [5.41, 5.74) is 6.46. The molecule has 4 aromatic rings. The molecule has 54 heavy (non-hydrogen) atoms. The molecule has 0 atom stereocenters. The van der Waals surface area contributed by atoms with E-state index in [4.69, 9.17) is 20.6 Å². The number of thiophene rings is 1. The van der Waals surface area contributed by atoms with Crippen molar-refractivity contribution in [3.63, 3.8) is 0 Å². The number of carboxylic acid groups (broad SMARTS) is 2. The van der Waals surface area contributed by atoms with E-state index in [1.54, 1.807) is 18.2 Å². The van der Waals surface area contributed by atoms with E-state index >= 15 is 0 Å². The summed E-state index contributed by atoms with van der Waals surface area (Å²) in [5, 5.41) is 36.6. The Morgan fingerprint density at radius 3 is 2.02 bits per heavy atom. The van der Waals surface area contributed by atoms with Crippen molar-refractivity contribution in [2.75, 3.05) is 17.2 Å². The van der Waals surface area contributed by atoms with Gasteiger partial charge in [-0.1, -0.05) is 68.7 Å². The molecule has 1 aliphatic carbocycles. The first-order valence-electron chi connectivity index (χ1n) is 18.4. The Kier molecular flexibility index (Phi) is 18.8. The summed E-state index contributed by atoms with van der Waals surface area (Å²) in [6, 6.07) is 22.8. The van der Waals surface area contributed by atoms with Gasteiger partial charge in [0.2, 0.25) is 0 Å². The molecule has 2 amide bonds. The smallest absolute Gasteiger partial charge is 0.335 e. The fraction of sp³-hybridized carbons (Fsp3) is 0.381. The molecule has 0 bridgehead atoms. The fourth-order valence-electron chi connectivity index (χ4n) is 6.15. The Morgan fingerprint density at radius 1 is 0.778 bits per heavy atom. The second kappa shape index (κ2) is 22.9. The zero-order valence-corrected chi connectivity index (χ0v) is 34.7. The zero-order chi connectivity index (χ0) is 38.2. The van der Waals surface area contributed by atoms with Gasteiger partial charge < -0.3 is 31.3 Å². The number of fused-ring (bicyclic) bond motifs is 1. The Hall–Kier alpha value is -4.15. The van der Waals surface area contributed by atoms with E-state index in [1.165, 1.54) is 16.2 Å². The van der Waals surface area contributed by atoms with Gasteiger partial charge in [0, 0.05) is 50.2 Å². The number of aliphatic carboxylic acids is 1. The molecule has 0 fully saturated rings. The van der Waals surface area contributed by atoms with E-state index in [1.807, 2.05) is 54.6 Å². The number of anilines is 2. The topological polar surface area (TPSA) is 167 Å². The Morgan fingerprint density at radius 2 is 1.43 bits per heavy atom. The van der Waals surface area contributed by atoms with Crippen molar-refractivity contribution < 1.29 is 55.6 Å². The van der Waals surface area contributed by atoms with Gasteiger partial charge in [-0.2, -0.15) is 0 Å². The summed E-state index contributed by atoms with van der Waals surface area (Å²) >= 11 is 1.52. The van der Waals surface area contributed by atoms with E-state index in [0.29, 0.717) is 46.4 Å². The number of aromatic carboxylic acids is 1. The number of nitrogens with zero attached hydrogens (tertiary/aromatic N) is 1. The molecule has 1 aromatic heterocycles. The van der Waals surface area contributed by atoms with Crippen LogP contribution < -0.4 is 10.6 Å². The standard InChI is InChI=1S/C38H42N3O4S.C4H8O3.W/c1-3-30(4-2)39-24-27-11-8-12-29(23-27)35(42)41-37-34(32-13-5-6-14-33(32)46-37)36(43)40-31-21-17-26(18-22-31)10-7-9-25-15-19-28(20-16-25)38(44)45;5-3-1-2-4(6)7;/h8,11-12,15-23,30H,3-7,9-10,13-14,24H2,1-2H3,(H,40,43)(H,41,42)(H,44,45);5H,1-3H2,(H,6,7);/q-1;;. The fourth-order valence-corrected chi connectivity index (χ4v) is 7.43. The van der Waals surface area contributed by atoms with Gasteiger partial charge in [-0.15, -0.1) is 23.9 Å². The molecule has 3 aromatic carbocycles. The average Bonchev–Trinajstić information content (AvgIpc) is 3.53. The van der Waals surface area contributed by atoms with Crippen molar-refractivity contribution >= 4 is 45.8 Å². The normalized spacial score (nSPS) is 11.8. The largest absolute Gasteiger partial charge is 0.656 e. The predicted molar refractivity (Wildman–Crippen MR) is 211 cm³/mol. The van der Waals surface area contributed by atoms with Crippen molar-refractivity contribution in [2.45, 2.75) is 97.1 Å². The maximum absolute atomic E-state index is 13.7. The number of carboxylic acids is 2. The molecule has 5 N–H and O–H groups in total. The number of aryl methyl sites for hydroxylation is 3. The van der Waals surface area contributed by atoms with Crippen LogP contribution in [-0.2, 0) is 58.1 Å². The first kappa shape index (κ1) is 44.2. The molecule has 1 heterocycles. The minimum atomic E-state index is -0.917. The van der Waals surface area contributed by atoms with Crippen LogP contribution in [0, 0.1) is 0 Å². The van der Waals surface area contributed by atoms with Gasteiger partial charge in [0.15, 0.2) is 0 Å². The third-order valence-electron chi connectivity index (χ3n) is 9.18. The number of carbonyl (C=O) groups is 4. The first-order chi connectivity index (χ1) is 25.6. The van der Waals surface area contributed by atoms with Crippen LogP contribution in [0.15, 0.2) is 72.8 Å². The summed E-state index contributed by atoms with van der Waals surface area (Å²) < 4.78 is 0. The van der Waals surface area contributed by atoms with Gasteiger partial charge in [-0.25, -0.2) is 4.79 Å². The molecule has 0 aliphatic heterocycles. The summed E-state index contributed by atoms with van der Waals surface area (Å²) in [5.74, 6) is -2.20. The van der Waals surface area contributed by atoms with Crippen molar-refractivity contribution in [1.29, 1.82) is 0 Å². The van der Waals surface area contributed by atoms with Gasteiger partial charge in [0.05, 0.1) is 11.1 Å². The molecule has 0 saturated heterocycles.